The first-order valence-corrected chi connectivity index (χ1v) is 14.6. The van der Waals surface area contributed by atoms with Gasteiger partial charge in [0.25, 0.3) is 0 Å². The van der Waals surface area contributed by atoms with Gasteiger partial charge in [-0.1, -0.05) is 96.8 Å². The molecule has 36 heavy (non-hydrogen) atoms. The quantitative estimate of drug-likeness (QED) is 0.148. The lowest BCUT2D eigenvalue weighted by Crippen LogP contribution is -2.59. The molecule has 0 spiro atoms. The number of amides is 1. The molecule has 1 heterocycles. The van der Waals surface area contributed by atoms with E-state index in [0.29, 0.717) is 6.54 Å². The van der Waals surface area contributed by atoms with Crippen molar-refractivity contribution in [3.05, 3.63) is 0 Å². The molecule has 6 atom stereocenters. The maximum atomic E-state index is 12.0. The normalized spacial score (nSPS) is 25.1. The summed E-state index contributed by atoms with van der Waals surface area (Å²) >= 11 is 0. The molecular formula is C28H55NO7. The molecular weight excluding hydrogens is 462 g/mol. The summed E-state index contributed by atoms with van der Waals surface area (Å²) in [6, 6.07) is 0. The van der Waals surface area contributed by atoms with Crippen LogP contribution in [0.1, 0.15) is 117 Å². The van der Waals surface area contributed by atoms with Crippen LogP contribution in [0.25, 0.3) is 0 Å². The third-order valence-corrected chi connectivity index (χ3v) is 7.40. The summed E-state index contributed by atoms with van der Waals surface area (Å²) in [6.45, 7) is 3.91. The first kappa shape index (κ1) is 33.3. The Kier molecular flexibility index (Phi) is 18.7. The summed E-state index contributed by atoms with van der Waals surface area (Å²) in [5.74, 6) is -0.117. The molecule has 2 unspecified atom stereocenters. The first-order chi connectivity index (χ1) is 17.3. The fourth-order valence-corrected chi connectivity index (χ4v) is 5.02. The van der Waals surface area contributed by atoms with E-state index in [4.69, 9.17) is 4.74 Å². The van der Waals surface area contributed by atoms with E-state index in [9.17, 15) is 30.3 Å². The van der Waals surface area contributed by atoms with E-state index in [1.54, 1.807) is 4.90 Å². The Labute approximate surface area is 219 Å². The number of aliphatic hydroxyl groups is 5. The number of carbonyl (C=O) groups is 1. The number of rotatable bonds is 21. The summed E-state index contributed by atoms with van der Waals surface area (Å²) in [5, 5.41) is 49.7. The van der Waals surface area contributed by atoms with Gasteiger partial charge in [-0.15, -0.1) is 0 Å². The van der Waals surface area contributed by atoms with Gasteiger partial charge in [-0.2, -0.15) is 0 Å². The lowest BCUT2D eigenvalue weighted by molar-refractivity contribution is -0.234. The average molecular weight is 518 g/mol. The molecule has 8 heteroatoms. The first-order valence-electron chi connectivity index (χ1n) is 14.6. The van der Waals surface area contributed by atoms with Crippen LogP contribution in [0.5, 0.6) is 0 Å². The van der Waals surface area contributed by atoms with Crippen molar-refractivity contribution in [2.75, 3.05) is 19.7 Å². The van der Waals surface area contributed by atoms with Crippen LogP contribution in [0, 0.1) is 0 Å². The Morgan fingerprint density at radius 3 is 1.64 bits per heavy atom. The van der Waals surface area contributed by atoms with Crippen LogP contribution in [0.3, 0.4) is 0 Å². The predicted molar refractivity (Wildman–Crippen MR) is 142 cm³/mol. The molecule has 0 aliphatic carbocycles. The molecule has 8 nitrogen and oxygen atoms in total. The van der Waals surface area contributed by atoms with E-state index in [0.717, 1.165) is 19.3 Å². The molecule has 5 N–H and O–H groups in total. The highest BCUT2D eigenvalue weighted by Gasteiger charge is 2.43. The number of hydrogen-bond donors (Lipinski definition) is 5. The molecule has 0 aromatic rings. The van der Waals surface area contributed by atoms with E-state index < -0.39 is 43.2 Å². The highest BCUT2D eigenvalue weighted by atomic mass is 16.5. The third kappa shape index (κ3) is 13.7. The Morgan fingerprint density at radius 1 is 0.750 bits per heavy atom. The van der Waals surface area contributed by atoms with Gasteiger partial charge in [0.15, 0.2) is 0 Å². The van der Waals surface area contributed by atoms with Gasteiger partial charge in [0.1, 0.15) is 24.4 Å². The number of aliphatic hydroxyl groups excluding tert-OH is 5. The zero-order valence-electron chi connectivity index (χ0n) is 22.9. The van der Waals surface area contributed by atoms with Gasteiger partial charge in [0, 0.05) is 26.4 Å². The molecule has 1 fully saturated rings. The molecule has 0 bridgehead atoms. The van der Waals surface area contributed by atoms with Gasteiger partial charge < -0.3 is 35.2 Å². The standard InChI is InChI=1S/C28H55NO7/c1-3-4-5-6-7-8-9-10-11-12-13-14-15-16-17-18-29(22(2)31)20-23(32)19-24-26(33)28(35)27(34)25(21-30)36-24/h23-28,30,32-35H,3-21H2,1-2H3/t23?,24?,25-,26+,27-,28-/m1/s1. The van der Waals surface area contributed by atoms with E-state index in [-0.39, 0.29) is 18.9 Å². The van der Waals surface area contributed by atoms with E-state index in [1.807, 2.05) is 0 Å². The molecule has 214 valence electrons. The molecule has 1 saturated heterocycles. The number of nitrogens with zero attached hydrogens (tertiary/aromatic N) is 1. The average Bonchev–Trinajstić information content (AvgIpc) is 2.85. The second kappa shape index (κ2) is 20.2. The SMILES string of the molecule is CCCCCCCCCCCCCCCCCN(CC(O)CC1O[C@H](CO)[C@@H](O)[C@H](O)[C@H]1O)C(C)=O. The van der Waals surface area contributed by atoms with Crippen molar-refractivity contribution in [1.29, 1.82) is 0 Å². The summed E-state index contributed by atoms with van der Waals surface area (Å²) in [6.07, 6.45) is 12.0. The molecule has 0 aromatic carbocycles. The Hall–Kier alpha value is -0.770. The van der Waals surface area contributed by atoms with E-state index in [1.165, 1.54) is 84.0 Å². The van der Waals surface area contributed by atoms with Crippen LogP contribution in [-0.2, 0) is 9.53 Å². The van der Waals surface area contributed by atoms with Crippen molar-refractivity contribution in [2.24, 2.45) is 0 Å². The Balaban J connectivity index is 2.13. The smallest absolute Gasteiger partial charge is 0.219 e. The van der Waals surface area contributed by atoms with Crippen LogP contribution in [0.15, 0.2) is 0 Å². The second-order valence-electron chi connectivity index (χ2n) is 10.7. The van der Waals surface area contributed by atoms with Crippen molar-refractivity contribution in [1.82, 2.24) is 4.90 Å². The molecule has 1 amide bonds. The second-order valence-corrected chi connectivity index (χ2v) is 10.7. The Morgan fingerprint density at radius 2 is 1.19 bits per heavy atom. The maximum absolute atomic E-state index is 12.0. The fraction of sp³-hybridized carbons (Fsp3) is 0.964. The van der Waals surface area contributed by atoms with Crippen LogP contribution < -0.4 is 0 Å². The van der Waals surface area contributed by atoms with E-state index in [2.05, 4.69) is 6.92 Å². The van der Waals surface area contributed by atoms with Crippen LogP contribution in [0.4, 0.5) is 0 Å². The minimum Gasteiger partial charge on any atom is -0.394 e. The van der Waals surface area contributed by atoms with Gasteiger partial charge in [0.2, 0.25) is 5.91 Å². The highest BCUT2D eigenvalue weighted by Crippen LogP contribution is 2.24. The Bertz CT molecular complexity index is 548. The largest absolute Gasteiger partial charge is 0.394 e. The molecule has 0 radical (unpaired) electrons. The lowest BCUT2D eigenvalue weighted by atomic mass is 9.92. The molecule has 0 aromatic heterocycles. The molecule has 1 aliphatic heterocycles. The zero-order chi connectivity index (χ0) is 26.8. The maximum Gasteiger partial charge on any atom is 0.219 e. The minimum atomic E-state index is -1.46. The zero-order valence-corrected chi connectivity index (χ0v) is 22.9. The summed E-state index contributed by atoms with van der Waals surface area (Å²) in [5.41, 5.74) is 0. The minimum absolute atomic E-state index is 0.00984. The van der Waals surface area contributed by atoms with Crippen LogP contribution >= 0.6 is 0 Å². The fourth-order valence-electron chi connectivity index (χ4n) is 5.02. The van der Waals surface area contributed by atoms with Crippen molar-refractivity contribution in [3.63, 3.8) is 0 Å². The number of ether oxygens (including phenoxy) is 1. The van der Waals surface area contributed by atoms with Gasteiger partial charge in [-0.05, 0) is 6.42 Å². The number of carbonyl (C=O) groups excluding carboxylic acids is 1. The van der Waals surface area contributed by atoms with Crippen LogP contribution in [-0.4, -0.2) is 92.7 Å². The van der Waals surface area contributed by atoms with Gasteiger partial charge >= 0.3 is 0 Å². The van der Waals surface area contributed by atoms with E-state index >= 15 is 0 Å². The number of hydrogen-bond acceptors (Lipinski definition) is 7. The molecule has 1 rings (SSSR count). The van der Waals surface area contributed by atoms with Gasteiger partial charge in [-0.25, -0.2) is 0 Å². The lowest BCUT2D eigenvalue weighted by Gasteiger charge is -2.41. The summed E-state index contributed by atoms with van der Waals surface area (Å²) < 4.78 is 5.46. The monoisotopic (exact) mass is 517 g/mol. The highest BCUT2D eigenvalue weighted by molar-refractivity contribution is 5.73. The van der Waals surface area contributed by atoms with Crippen molar-refractivity contribution >= 4 is 5.91 Å². The number of unbranched alkanes of at least 4 members (excludes halogenated alkanes) is 14. The van der Waals surface area contributed by atoms with Gasteiger partial charge in [-0.3, -0.25) is 4.79 Å². The molecule has 0 saturated carbocycles. The molecule has 1 aliphatic rings. The summed E-state index contributed by atoms with van der Waals surface area (Å²) in [7, 11) is 0. The topological polar surface area (TPSA) is 131 Å². The van der Waals surface area contributed by atoms with Crippen molar-refractivity contribution in [2.45, 2.75) is 153 Å². The van der Waals surface area contributed by atoms with Crippen molar-refractivity contribution < 1.29 is 35.1 Å². The predicted octanol–water partition coefficient (Wildman–Crippen LogP) is 3.30. The van der Waals surface area contributed by atoms with Gasteiger partial charge in [0.05, 0.1) is 18.8 Å². The third-order valence-electron chi connectivity index (χ3n) is 7.40. The van der Waals surface area contributed by atoms with Crippen LogP contribution in [0.2, 0.25) is 0 Å². The van der Waals surface area contributed by atoms with Crippen molar-refractivity contribution in [3.8, 4) is 0 Å². The summed E-state index contributed by atoms with van der Waals surface area (Å²) in [4.78, 5) is 13.6.